The second-order valence-electron chi connectivity index (χ2n) is 5.55. The minimum absolute atomic E-state index is 0.180. The largest absolute Gasteiger partial charge is 0.387 e. The molecule has 1 aliphatic rings. The Bertz CT molecular complexity index is 532. The molecule has 1 aromatic carbocycles. The van der Waals surface area contributed by atoms with Crippen LogP contribution in [0.1, 0.15) is 30.1 Å². The van der Waals surface area contributed by atoms with Crippen molar-refractivity contribution < 1.29 is 13.5 Å². The predicted octanol–water partition coefficient (Wildman–Crippen LogP) is 1.02. The molecule has 0 radical (unpaired) electrons. The Morgan fingerprint density at radius 2 is 1.89 bits per heavy atom. The van der Waals surface area contributed by atoms with Gasteiger partial charge in [0.05, 0.1) is 11.9 Å². The van der Waals surface area contributed by atoms with Crippen LogP contribution in [0, 0.1) is 0 Å². The van der Waals surface area contributed by atoms with Crippen molar-refractivity contribution in [1.29, 1.82) is 0 Å². The number of aliphatic hydroxyl groups is 1. The van der Waals surface area contributed by atoms with E-state index in [2.05, 4.69) is 5.32 Å². The van der Waals surface area contributed by atoms with Crippen molar-refractivity contribution in [2.75, 3.05) is 25.6 Å². The van der Waals surface area contributed by atoms with Crippen molar-refractivity contribution in [2.24, 2.45) is 0 Å². The van der Waals surface area contributed by atoms with E-state index in [0.29, 0.717) is 6.54 Å². The molecule has 1 aliphatic carbocycles. The van der Waals surface area contributed by atoms with Crippen molar-refractivity contribution in [3.05, 3.63) is 35.4 Å². The van der Waals surface area contributed by atoms with Gasteiger partial charge in [0.1, 0.15) is 9.84 Å². The summed E-state index contributed by atoms with van der Waals surface area (Å²) in [5, 5.41) is 12.8. The topological polar surface area (TPSA) is 66.4 Å². The van der Waals surface area contributed by atoms with Crippen molar-refractivity contribution in [1.82, 2.24) is 5.32 Å². The lowest BCUT2D eigenvalue weighted by atomic mass is 9.96. The minimum atomic E-state index is -2.96. The van der Waals surface area contributed by atoms with Gasteiger partial charge in [0.15, 0.2) is 0 Å². The highest BCUT2D eigenvalue weighted by atomic mass is 32.2. The molecule has 1 aromatic rings. The zero-order chi connectivity index (χ0) is 14.1. The molecule has 0 amide bonds. The van der Waals surface area contributed by atoms with E-state index in [9.17, 15) is 13.5 Å². The zero-order valence-electron chi connectivity index (χ0n) is 11.4. The number of aliphatic hydroxyl groups excluding tert-OH is 1. The van der Waals surface area contributed by atoms with Crippen molar-refractivity contribution in [2.45, 2.75) is 24.4 Å². The molecule has 5 heteroatoms. The smallest absolute Gasteiger partial charge is 0.148 e. The van der Waals surface area contributed by atoms with E-state index in [1.54, 1.807) is 7.05 Å². The van der Waals surface area contributed by atoms with Crippen LogP contribution in [0.15, 0.2) is 24.3 Å². The number of sulfone groups is 1. The standard InChI is InChI=1S/C14H21NO3S/c1-15-9-13(16)11-3-5-12(6-4-11)14(7-8-14)10-19(2,17)18/h3-6,13,15-16H,7-10H2,1-2H3. The van der Waals surface area contributed by atoms with Gasteiger partial charge in [-0.3, -0.25) is 0 Å². The van der Waals surface area contributed by atoms with Gasteiger partial charge in [0.2, 0.25) is 0 Å². The number of hydrogen-bond donors (Lipinski definition) is 2. The average molecular weight is 283 g/mol. The lowest BCUT2D eigenvalue weighted by Crippen LogP contribution is -2.20. The summed E-state index contributed by atoms with van der Waals surface area (Å²) in [6.45, 7) is 0.508. The summed E-state index contributed by atoms with van der Waals surface area (Å²) >= 11 is 0. The highest BCUT2D eigenvalue weighted by molar-refractivity contribution is 7.90. The summed E-state index contributed by atoms with van der Waals surface area (Å²) in [4.78, 5) is 0. The maximum absolute atomic E-state index is 11.5. The first-order valence-corrected chi connectivity index (χ1v) is 8.53. The number of likely N-dealkylation sites (N-methyl/N-ethyl adjacent to an activating group) is 1. The molecule has 1 atom stereocenters. The molecule has 0 heterocycles. The molecule has 1 fully saturated rings. The predicted molar refractivity (Wildman–Crippen MR) is 76.0 cm³/mol. The summed E-state index contributed by atoms with van der Waals surface area (Å²) in [5.74, 6) is 0.221. The Morgan fingerprint density at radius 3 is 2.32 bits per heavy atom. The molecular formula is C14H21NO3S. The van der Waals surface area contributed by atoms with Crippen LogP contribution >= 0.6 is 0 Å². The quantitative estimate of drug-likeness (QED) is 0.818. The highest BCUT2D eigenvalue weighted by Gasteiger charge is 2.46. The van der Waals surface area contributed by atoms with E-state index in [1.807, 2.05) is 24.3 Å². The van der Waals surface area contributed by atoms with Crippen molar-refractivity contribution >= 4 is 9.84 Å². The summed E-state index contributed by atoms with van der Waals surface area (Å²) < 4.78 is 22.9. The van der Waals surface area contributed by atoms with Crippen LogP contribution in [0.4, 0.5) is 0 Å². The molecule has 4 nitrogen and oxygen atoms in total. The molecule has 0 bridgehead atoms. The lowest BCUT2D eigenvalue weighted by molar-refractivity contribution is 0.178. The minimum Gasteiger partial charge on any atom is -0.387 e. The molecular weight excluding hydrogens is 262 g/mol. The molecule has 1 saturated carbocycles. The van der Waals surface area contributed by atoms with Crippen molar-refractivity contribution in [3.63, 3.8) is 0 Å². The highest BCUT2D eigenvalue weighted by Crippen LogP contribution is 2.49. The Hall–Kier alpha value is -0.910. The third-order valence-corrected chi connectivity index (χ3v) is 4.77. The number of nitrogens with one attached hydrogen (secondary N) is 1. The van der Waals surface area contributed by atoms with Gasteiger partial charge in [0, 0.05) is 18.2 Å². The summed E-state index contributed by atoms with van der Waals surface area (Å²) in [6.07, 6.45) is 2.62. The maximum Gasteiger partial charge on any atom is 0.148 e. The Labute approximate surface area is 114 Å². The van der Waals surface area contributed by atoms with Crippen LogP contribution in [-0.2, 0) is 15.3 Å². The fraction of sp³-hybridized carbons (Fsp3) is 0.571. The third kappa shape index (κ3) is 3.55. The normalized spacial score (nSPS) is 19.1. The van der Waals surface area contributed by atoms with Gasteiger partial charge in [-0.05, 0) is 31.0 Å². The molecule has 1 unspecified atom stereocenters. The van der Waals surface area contributed by atoms with Gasteiger partial charge in [-0.15, -0.1) is 0 Å². The van der Waals surface area contributed by atoms with Crippen LogP contribution < -0.4 is 5.32 Å². The number of rotatable bonds is 6. The molecule has 0 aromatic heterocycles. The first kappa shape index (κ1) is 14.5. The molecule has 106 valence electrons. The SMILES string of the molecule is CNCC(O)c1ccc(C2(CS(C)(=O)=O)CC2)cc1. The first-order valence-electron chi connectivity index (χ1n) is 6.47. The van der Waals surface area contributed by atoms with E-state index >= 15 is 0 Å². The van der Waals surface area contributed by atoms with E-state index in [-0.39, 0.29) is 11.2 Å². The van der Waals surface area contributed by atoms with E-state index in [4.69, 9.17) is 0 Å². The molecule has 2 rings (SSSR count). The van der Waals surface area contributed by atoms with Crippen LogP contribution in [0.2, 0.25) is 0 Å². The first-order chi connectivity index (χ1) is 8.86. The van der Waals surface area contributed by atoms with Crippen LogP contribution in [0.25, 0.3) is 0 Å². The molecule has 0 spiro atoms. The van der Waals surface area contributed by atoms with Crippen LogP contribution in [-0.4, -0.2) is 39.1 Å². The van der Waals surface area contributed by atoms with Crippen molar-refractivity contribution in [3.8, 4) is 0 Å². The van der Waals surface area contributed by atoms with Gasteiger partial charge in [-0.1, -0.05) is 24.3 Å². The monoisotopic (exact) mass is 283 g/mol. The second kappa shape index (κ2) is 5.23. The summed E-state index contributed by atoms with van der Waals surface area (Å²) in [7, 11) is -1.17. The molecule has 0 aliphatic heterocycles. The zero-order valence-corrected chi connectivity index (χ0v) is 12.2. The molecule has 2 N–H and O–H groups in total. The number of benzene rings is 1. The number of hydrogen-bond acceptors (Lipinski definition) is 4. The average Bonchev–Trinajstić information content (AvgIpc) is 3.08. The maximum atomic E-state index is 11.5. The van der Waals surface area contributed by atoms with Crippen LogP contribution in [0.5, 0.6) is 0 Å². The van der Waals surface area contributed by atoms with E-state index in [0.717, 1.165) is 24.0 Å². The van der Waals surface area contributed by atoms with E-state index in [1.165, 1.54) is 6.26 Å². The molecule has 19 heavy (non-hydrogen) atoms. The summed E-state index contributed by atoms with van der Waals surface area (Å²) in [6, 6.07) is 7.68. The second-order valence-corrected chi connectivity index (χ2v) is 7.69. The molecule has 0 saturated heterocycles. The summed E-state index contributed by atoms with van der Waals surface area (Å²) in [5.41, 5.74) is 1.74. The third-order valence-electron chi connectivity index (χ3n) is 3.70. The van der Waals surface area contributed by atoms with Gasteiger partial charge >= 0.3 is 0 Å². The Morgan fingerprint density at radius 1 is 1.32 bits per heavy atom. The fourth-order valence-corrected chi connectivity index (χ4v) is 4.00. The van der Waals surface area contributed by atoms with Gasteiger partial charge in [-0.2, -0.15) is 0 Å². The Kier molecular flexibility index (Phi) is 3.99. The van der Waals surface area contributed by atoms with Crippen LogP contribution in [0.3, 0.4) is 0 Å². The fourth-order valence-electron chi connectivity index (χ4n) is 2.54. The lowest BCUT2D eigenvalue weighted by Gasteiger charge is -2.16. The van der Waals surface area contributed by atoms with Gasteiger partial charge in [0.25, 0.3) is 0 Å². The van der Waals surface area contributed by atoms with E-state index < -0.39 is 15.9 Å². The Balaban J connectivity index is 2.15. The van der Waals surface area contributed by atoms with Gasteiger partial charge < -0.3 is 10.4 Å². The van der Waals surface area contributed by atoms with Gasteiger partial charge in [-0.25, -0.2) is 8.42 Å².